The summed E-state index contributed by atoms with van der Waals surface area (Å²) < 4.78 is 12.0. The third-order valence-corrected chi connectivity index (χ3v) is 2.47. The van der Waals surface area contributed by atoms with E-state index in [1.165, 1.54) is 4.90 Å². The summed E-state index contributed by atoms with van der Waals surface area (Å²) in [4.78, 5) is 17.1. The minimum Gasteiger partial charge on any atom is -0.356 e. The van der Waals surface area contributed by atoms with Gasteiger partial charge in [0.15, 0.2) is 5.96 Å². The number of nitrogens with one attached hydrogen (secondary N) is 2. The summed E-state index contributed by atoms with van der Waals surface area (Å²) in [5.74, 6) is 0.499. The molecule has 0 rings (SSSR count). The van der Waals surface area contributed by atoms with Crippen molar-refractivity contribution in [1.82, 2.24) is 15.5 Å². The highest BCUT2D eigenvalue weighted by Crippen LogP contribution is 1.89. The van der Waals surface area contributed by atoms with Gasteiger partial charge >= 0.3 is 0 Å². The number of carbonyl (C=O) groups excluding carboxylic acids is 1. The van der Waals surface area contributed by atoms with E-state index in [-0.39, 0.29) is 25.2 Å². The van der Waals surface area contributed by atoms with Crippen LogP contribution in [-0.2, 0) is 4.79 Å². The number of halogens is 1. The van der Waals surface area contributed by atoms with Crippen molar-refractivity contribution in [2.24, 2.45) is 4.99 Å². The third kappa shape index (κ3) is 7.86. The van der Waals surface area contributed by atoms with E-state index in [1.807, 2.05) is 6.92 Å². The smallest absolute Gasteiger partial charge is 0.243 e. The molecule has 5 nitrogen and oxygen atoms in total. The molecule has 0 saturated carbocycles. The van der Waals surface area contributed by atoms with Crippen LogP contribution in [0.4, 0.5) is 4.39 Å². The summed E-state index contributed by atoms with van der Waals surface area (Å²) in [7, 11) is 3.38. The molecule has 0 heterocycles. The zero-order valence-corrected chi connectivity index (χ0v) is 11.8. The quantitative estimate of drug-likeness (QED) is 0.404. The molecule has 1 amide bonds. The number of guanidine groups is 1. The molecular formula is C12H25FN4O. The first-order valence-corrected chi connectivity index (χ1v) is 6.32. The van der Waals surface area contributed by atoms with Crippen LogP contribution >= 0.6 is 0 Å². The summed E-state index contributed by atoms with van der Waals surface area (Å²) in [6.07, 6.45) is 1.38. The normalized spacial score (nSPS) is 13.1. The monoisotopic (exact) mass is 260 g/mol. The Balaban J connectivity index is 4.34. The van der Waals surface area contributed by atoms with Gasteiger partial charge in [0.25, 0.3) is 0 Å². The van der Waals surface area contributed by atoms with Gasteiger partial charge in [0.1, 0.15) is 6.54 Å². The van der Waals surface area contributed by atoms with Gasteiger partial charge < -0.3 is 15.5 Å². The van der Waals surface area contributed by atoms with Crippen LogP contribution in [0, 0.1) is 0 Å². The number of rotatable bonds is 7. The topological polar surface area (TPSA) is 56.7 Å². The number of aliphatic imine (C=N–C) groups is 1. The number of hydrogen-bond donors (Lipinski definition) is 2. The second-order valence-corrected chi connectivity index (χ2v) is 4.38. The van der Waals surface area contributed by atoms with Crippen molar-refractivity contribution in [2.75, 3.05) is 33.9 Å². The van der Waals surface area contributed by atoms with E-state index >= 15 is 0 Å². The highest BCUT2D eigenvalue weighted by atomic mass is 19.1. The predicted octanol–water partition coefficient (Wildman–Crippen LogP) is 0.768. The third-order valence-electron chi connectivity index (χ3n) is 2.47. The van der Waals surface area contributed by atoms with Gasteiger partial charge in [-0.3, -0.25) is 9.18 Å². The number of carbonyl (C=O) groups is 1. The number of hydrogen-bond acceptors (Lipinski definition) is 2. The summed E-state index contributed by atoms with van der Waals surface area (Å²) >= 11 is 0. The lowest BCUT2D eigenvalue weighted by atomic mass is 10.3. The predicted molar refractivity (Wildman–Crippen MR) is 72.5 cm³/mol. The first kappa shape index (κ1) is 16.7. The molecule has 106 valence electrons. The molecule has 0 bridgehead atoms. The summed E-state index contributed by atoms with van der Waals surface area (Å²) in [6.45, 7) is 4.32. The lowest BCUT2D eigenvalue weighted by Gasteiger charge is -2.17. The van der Waals surface area contributed by atoms with Gasteiger partial charge in [-0.2, -0.15) is 0 Å². The van der Waals surface area contributed by atoms with Gasteiger partial charge in [-0.25, -0.2) is 4.99 Å². The molecule has 0 aliphatic heterocycles. The molecular weight excluding hydrogens is 235 g/mol. The number of amides is 1. The van der Waals surface area contributed by atoms with E-state index in [9.17, 15) is 9.18 Å². The van der Waals surface area contributed by atoms with E-state index in [1.54, 1.807) is 14.1 Å². The molecule has 0 aromatic heterocycles. The standard InChI is InChI=1S/C12H25FN4O/c1-5-10(2)16-12(14-8-6-7-13)15-9-11(18)17(3)4/h10H,5-9H2,1-4H3,(H2,14,15,16). The second-order valence-electron chi connectivity index (χ2n) is 4.38. The Hall–Kier alpha value is -1.33. The minimum atomic E-state index is -0.361. The molecule has 0 aliphatic rings. The zero-order valence-electron chi connectivity index (χ0n) is 11.8. The van der Waals surface area contributed by atoms with Crippen molar-refractivity contribution in [3.63, 3.8) is 0 Å². The Morgan fingerprint density at radius 3 is 2.61 bits per heavy atom. The van der Waals surface area contributed by atoms with E-state index in [0.717, 1.165) is 6.42 Å². The van der Waals surface area contributed by atoms with Gasteiger partial charge in [-0.1, -0.05) is 6.92 Å². The molecule has 18 heavy (non-hydrogen) atoms. The van der Waals surface area contributed by atoms with Crippen LogP contribution in [0.2, 0.25) is 0 Å². The average Bonchev–Trinajstić information content (AvgIpc) is 2.35. The van der Waals surface area contributed by atoms with Crippen LogP contribution in [0.25, 0.3) is 0 Å². The molecule has 0 aliphatic carbocycles. The Labute approximate surface area is 109 Å². The van der Waals surface area contributed by atoms with Gasteiger partial charge in [-0.05, 0) is 19.8 Å². The highest BCUT2D eigenvalue weighted by molar-refractivity contribution is 5.84. The van der Waals surface area contributed by atoms with Crippen molar-refractivity contribution in [2.45, 2.75) is 32.7 Å². The summed E-state index contributed by atoms with van der Waals surface area (Å²) in [6, 6.07) is 0.260. The van der Waals surface area contributed by atoms with Gasteiger partial charge in [0.05, 0.1) is 6.67 Å². The fourth-order valence-corrected chi connectivity index (χ4v) is 1.05. The molecule has 0 saturated heterocycles. The molecule has 0 aromatic carbocycles. The van der Waals surface area contributed by atoms with E-state index in [2.05, 4.69) is 22.5 Å². The minimum absolute atomic E-state index is 0.0641. The van der Waals surface area contributed by atoms with Crippen molar-refractivity contribution >= 4 is 11.9 Å². The summed E-state index contributed by atoms with van der Waals surface area (Å²) in [5, 5.41) is 6.17. The number of nitrogens with zero attached hydrogens (tertiary/aromatic N) is 2. The van der Waals surface area contributed by atoms with Crippen LogP contribution in [0.5, 0.6) is 0 Å². The van der Waals surface area contributed by atoms with Gasteiger partial charge in [0.2, 0.25) is 5.91 Å². The molecule has 1 atom stereocenters. The van der Waals surface area contributed by atoms with Crippen molar-refractivity contribution < 1.29 is 9.18 Å². The Morgan fingerprint density at radius 1 is 1.44 bits per heavy atom. The van der Waals surface area contributed by atoms with Crippen molar-refractivity contribution in [3.8, 4) is 0 Å². The lowest BCUT2D eigenvalue weighted by Crippen LogP contribution is -2.43. The highest BCUT2D eigenvalue weighted by Gasteiger charge is 2.06. The maximum absolute atomic E-state index is 12.0. The second kappa shape index (κ2) is 9.67. The van der Waals surface area contributed by atoms with Crippen molar-refractivity contribution in [3.05, 3.63) is 0 Å². The molecule has 0 fully saturated rings. The maximum atomic E-state index is 12.0. The molecule has 1 unspecified atom stereocenters. The van der Waals surface area contributed by atoms with E-state index in [4.69, 9.17) is 0 Å². The average molecular weight is 260 g/mol. The first-order valence-electron chi connectivity index (χ1n) is 6.32. The Morgan fingerprint density at radius 2 is 2.11 bits per heavy atom. The maximum Gasteiger partial charge on any atom is 0.243 e. The SMILES string of the molecule is CCC(C)NC(=NCC(=O)N(C)C)NCCCF. The van der Waals surface area contributed by atoms with Gasteiger partial charge in [-0.15, -0.1) is 0 Å². The summed E-state index contributed by atoms with van der Waals surface area (Å²) in [5.41, 5.74) is 0. The first-order chi connectivity index (χ1) is 8.51. The van der Waals surface area contributed by atoms with Gasteiger partial charge in [0, 0.05) is 26.7 Å². The van der Waals surface area contributed by atoms with Crippen LogP contribution in [0.15, 0.2) is 4.99 Å². The fourth-order valence-electron chi connectivity index (χ4n) is 1.05. The van der Waals surface area contributed by atoms with E-state index < -0.39 is 0 Å². The number of likely N-dealkylation sites (N-methyl/N-ethyl adjacent to an activating group) is 1. The number of alkyl halides is 1. The van der Waals surface area contributed by atoms with Crippen LogP contribution in [0.3, 0.4) is 0 Å². The molecule has 0 radical (unpaired) electrons. The fraction of sp³-hybridized carbons (Fsp3) is 0.833. The largest absolute Gasteiger partial charge is 0.356 e. The lowest BCUT2D eigenvalue weighted by molar-refractivity contribution is -0.127. The Bertz CT molecular complexity index is 269. The molecule has 0 spiro atoms. The molecule has 2 N–H and O–H groups in total. The Kier molecular flexibility index (Phi) is 8.96. The van der Waals surface area contributed by atoms with Crippen LogP contribution in [0.1, 0.15) is 26.7 Å². The molecule has 0 aromatic rings. The van der Waals surface area contributed by atoms with Crippen molar-refractivity contribution in [1.29, 1.82) is 0 Å². The zero-order chi connectivity index (χ0) is 14.0. The molecule has 6 heteroatoms. The van der Waals surface area contributed by atoms with Crippen LogP contribution in [-0.4, -0.2) is 56.7 Å². The van der Waals surface area contributed by atoms with E-state index in [0.29, 0.717) is 18.9 Å². The van der Waals surface area contributed by atoms with Crippen LogP contribution < -0.4 is 10.6 Å².